The minimum Gasteiger partial charge on any atom is -0.482 e. The van der Waals surface area contributed by atoms with Crippen LogP contribution < -0.4 is 15.6 Å². The summed E-state index contributed by atoms with van der Waals surface area (Å²) >= 11 is 5.97. The fraction of sp³-hybridized carbons (Fsp3) is 0.278. The van der Waals surface area contributed by atoms with Gasteiger partial charge in [-0.3, -0.25) is 15.6 Å². The molecule has 0 aliphatic heterocycles. The number of allylic oxidation sites excluding steroid dienone is 4. The highest BCUT2D eigenvalue weighted by Crippen LogP contribution is 2.25. The second kappa shape index (κ2) is 7.88. The summed E-state index contributed by atoms with van der Waals surface area (Å²) in [6.07, 6.45) is 5.15. The van der Waals surface area contributed by atoms with Crippen molar-refractivity contribution in [3.63, 3.8) is 0 Å². The number of carbonyl (C=O) groups is 1. The molecular formula is C18H21ClN2O2. The Morgan fingerprint density at radius 3 is 2.87 bits per heavy atom. The molecule has 1 aliphatic carbocycles. The lowest BCUT2D eigenvalue weighted by Crippen LogP contribution is -2.40. The number of hydrogen-bond acceptors (Lipinski definition) is 3. The molecule has 1 aliphatic rings. The van der Waals surface area contributed by atoms with Gasteiger partial charge in [0.05, 0.1) is 10.7 Å². The van der Waals surface area contributed by atoms with Crippen LogP contribution in [0.15, 0.2) is 59.8 Å². The van der Waals surface area contributed by atoms with Crippen LogP contribution in [-0.4, -0.2) is 12.5 Å². The summed E-state index contributed by atoms with van der Waals surface area (Å²) in [5, 5.41) is 0.478. The van der Waals surface area contributed by atoms with Crippen molar-refractivity contribution in [3.05, 3.63) is 64.9 Å². The van der Waals surface area contributed by atoms with Crippen LogP contribution >= 0.6 is 11.6 Å². The van der Waals surface area contributed by atoms with Gasteiger partial charge in [0.25, 0.3) is 5.91 Å². The van der Waals surface area contributed by atoms with E-state index in [1.807, 2.05) is 13.8 Å². The van der Waals surface area contributed by atoms with E-state index in [0.29, 0.717) is 10.8 Å². The lowest BCUT2D eigenvalue weighted by atomic mass is 9.90. The number of nitrogens with one attached hydrogen (secondary N) is 2. The first-order chi connectivity index (χ1) is 11.0. The standard InChI is InChI=1S/C18H21ClN2O2/c1-12(2)14-9-8-13(3)16(10-14)20-21-18(22)11-23-17-7-5-4-6-15(17)19/h4-8,10,14,20H,1,9,11H2,2-3H3,(H,21,22). The number of halogens is 1. The van der Waals surface area contributed by atoms with E-state index >= 15 is 0 Å². The summed E-state index contributed by atoms with van der Waals surface area (Å²) in [5.41, 5.74) is 8.66. The van der Waals surface area contributed by atoms with E-state index in [2.05, 4.69) is 29.6 Å². The maximum absolute atomic E-state index is 11.9. The predicted octanol–water partition coefficient (Wildman–Crippen LogP) is 3.77. The molecule has 0 aromatic heterocycles. The van der Waals surface area contributed by atoms with Gasteiger partial charge in [-0.25, -0.2) is 0 Å². The van der Waals surface area contributed by atoms with Crippen LogP contribution in [0.1, 0.15) is 20.3 Å². The second-order valence-corrected chi connectivity index (χ2v) is 5.96. The maximum Gasteiger partial charge on any atom is 0.276 e. The number of benzene rings is 1. The molecule has 2 N–H and O–H groups in total. The Labute approximate surface area is 141 Å². The van der Waals surface area contributed by atoms with Crippen LogP contribution in [-0.2, 0) is 4.79 Å². The van der Waals surface area contributed by atoms with Crippen LogP contribution in [0.3, 0.4) is 0 Å². The first kappa shape index (κ1) is 17.2. The Balaban J connectivity index is 1.85. The van der Waals surface area contributed by atoms with Crippen molar-refractivity contribution in [2.45, 2.75) is 20.3 Å². The molecule has 1 aromatic carbocycles. The molecule has 0 fully saturated rings. The summed E-state index contributed by atoms with van der Waals surface area (Å²) in [6, 6.07) is 7.04. The zero-order valence-corrected chi connectivity index (χ0v) is 14.1. The molecule has 1 aromatic rings. The van der Waals surface area contributed by atoms with Crippen molar-refractivity contribution in [1.82, 2.24) is 10.9 Å². The Hall–Kier alpha value is -2.20. The van der Waals surface area contributed by atoms with Crippen LogP contribution in [0.2, 0.25) is 5.02 Å². The molecule has 4 nitrogen and oxygen atoms in total. The van der Waals surface area contributed by atoms with E-state index in [1.54, 1.807) is 24.3 Å². The normalized spacial score (nSPS) is 16.9. The van der Waals surface area contributed by atoms with Crippen LogP contribution in [0.5, 0.6) is 5.75 Å². The predicted molar refractivity (Wildman–Crippen MR) is 93.0 cm³/mol. The van der Waals surface area contributed by atoms with Gasteiger partial charge >= 0.3 is 0 Å². The quantitative estimate of drug-likeness (QED) is 0.616. The molecule has 0 saturated carbocycles. The van der Waals surface area contributed by atoms with E-state index in [4.69, 9.17) is 16.3 Å². The molecule has 0 saturated heterocycles. The Morgan fingerprint density at radius 2 is 2.17 bits per heavy atom. The Morgan fingerprint density at radius 1 is 1.43 bits per heavy atom. The summed E-state index contributed by atoms with van der Waals surface area (Å²) in [6.45, 7) is 7.87. The fourth-order valence-corrected chi connectivity index (χ4v) is 2.37. The van der Waals surface area contributed by atoms with Gasteiger partial charge in [0.2, 0.25) is 0 Å². The monoisotopic (exact) mass is 332 g/mol. The average molecular weight is 333 g/mol. The Kier molecular flexibility index (Phi) is 5.88. The fourth-order valence-electron chi connectivity index (χ4n) is 2.18. The van der Waals surface area contributed by atoms with Gasteiger partial charge in [0, 0.05) is 5.92 Å². The van der Waals surface area contributed by atoms with E-state index in [9.17, 15) is 4.79 Å². The largest absolute Gasteiger partial charge is 0.482 e. The molecule has 1 atom stereocenters. The van der Waals surface area contributed by atoms with Crippen molar-refractivity contribution < 1.29 is 9.53 Å². The third-order valence-electron chi connectivity index (χ3n) is 3.64. The molecule has 0 radical (unpaired) electrons. The number of hydrazine groups is 1. The highest BCUT2D eigenvalue weighted by molar-refractivity contribution is 6.32. The molecule has 23 heavy (non-hydrogen) atoms. The molecule has 1 unspecified atom stereocenters. The van der Waals surface area contributed by atoms with Gasteiger partial charge < -0.3 is 4.74 Å². The summed E-state index contributed by atoms with van der Waals surface area (Å²) in [7, 11) is 0. The highest BCUT2D eigenvalue weighted by atomic mass is 35.5. The number of rotatable bonds is 6. The van der Waals surface area contributed by atoms with Gasteiger partial charge in [0.15, 0.2) is 6.61 Å². The molecule has 0 heterocycles. The van der Waals surface area contributed by atoms with Crippen LogP contribution in [0.25, 0.3) is 0 Å². The van der Waals surface area contributed by atoms with E-state index < -0.39 is 0 Å². The minimum absolute atomic E-state index is 0.114. The molecule has 0 spiro atoms. The number of amides is 1. The van der Waals surface area contributed by atoms with E-state index in [0.717, 1.165) is 23.3 Å². The molecule has 1 amide bonds. The van der Waals surface area contributed by atoms with Crippen molar-refractivity contribution in [1.29, 1.82) is 0 Å². The zero-order valence-electron chi connectivity index (χ0n) is 13.4. The van der Waals surface area contributed by atoms with Gasteiger partial charge in [-0.15, -0.1) is 0 Å². The van der Waals surface area contributed by atoms with Crippen LogP contribution in [0, 0.1) is 5.92 Å². The van der Waals surface area contributed by atoms with Gasteiger partial charge in [-0.05, 0) is 38.0 Å². The van der Waals surface area contributed by atoms with E-state index in [-0.39, 0.29) is 18.4 Å². The molecule has 5 heteroatoms. The number of hydrogen-bond donors (Lipinski definition) is 2. The smallest absolute Gasteiger partial charge is 0.276 e. The number of para-hydroxylation sites is 1. The SMILES string of the molecule is C=C(C)C1C=C(NNC(=O)COc2ccccc2Cl)C(C)=CC1. The van der Waals surface area contributed by atoms with Crippen LogP contribution in [0.4, 0.5) is 0 Å². The molecule has 0 bridgehead atoms. The van der Waals surface area contributed by atoms with Gasteiger partial charge in [0.1, 0.15) is 5.75 Å². The highest BCUT2D eigenvalue weighted by Gasteiger charge is 2.14. The van der Waals surface area contributed by atoms with Crippen molar-refractivity contribution in [2.75, 3.05) is 6.61 Å². The molecule has 122 valence electrons. The van der Waals surface area contributed by atoms with Gasteiger partial charge in [-0.1, -0.05) is 48.0 Å². The zero-order chi connectivity index (χ0) is 16.8. The number of ether oxygens (including phenoxy) is 1. The Bertz CT molecular complexity index is 665. The topological polar surface area (TPSA) is 50.4 Å². The van der Waals surface area contributed by atoms with Gasteiger partial charge in [-0.2, -0.15) is 0 Å². The summed E-state index contributed by atoms with van der Waals surface area (Å²) in [4.78, 5) is 11.9. The third kappa shape index (κ3) is 4.89. The number of carbonyl (C=O) groups excluding carboxylic acids is 1. The first-order valence-electron chi connectivity index (χ1n) is 7.44. The molecule has 2 rings (SSSR count). The summed E-state index contributed by atoms with van der Waals surface area (Å²) in [5.74, 6) is 0.494. The molecular weight excluding hydrogens is 312 g/mol. The minimum atomic E-state index is -0.281. The van der Waals surface area contributed by atoms with Crippen molar-refractivity contribution in [3.8, 4) is 5.75 Å². The first-order valence-corrected chi connectivity index (χ1v) is 7.81. The summed E-state index contributed by atoms with van der Waals surface area (Å²) < 4.78 is 5.39. The van der Waals surface area contributed by atoms with Crippen molar-refractivity contribution >= 4 is 17.5 Å². The third-order valence-corrected chi connectivity index (χ3v) is 3.95. The van der Waals surface area contributed by atoms with Crippen molar-refractivity contribution in [2.24, 2.45) is 5.92 Å². The lowest BCUT2D eigenvalue weighted by Gasteiger charge is -2.21. The second-order valence-electron chi connectivity index (χ2n) is 5.55. The van der Waals surface area contributed by atoms with E-state index in [1.165, 1.54) is 0 Å². The lowest BCUT2D eigenvalue weighted by molar-refractivity contribution is -0.123. The maximum atomic E-state index is 11.9. The average Bonchev–Trinajstić information content (AvgIpc) is 2.53.